The lowest BCUT2D eigenvalue weighted by atomic mass is 9.92. The maximum atomic E-state index is 12.8. The quantitative estimate of drug-likeness (QED) is 0.856. The Kier molecular flexibility index (Phi) is 4.04. The van der Waals surface area contributed by atoms with Crippen molar-refractivity contribution < 1.29 is 23.8 Å². The van der Waals surface area contributed by atoms with Crippen molar-refractivity contribution in [1.82, 2.24) is 0 Å². The molecule has 0 bridgehead atoms. The minimum Gasteiger partial charge on any atom is -0.507 e. The Morgan fingerprint density at radius 2 is 1.76 bits per heavy atom. The predicted octanol–water partition coefficient (Wildman–Crippen LogP) is 2.83. The first-order valence-electron chi connectivity index (χ1n) is 5.13. The van der Waals surface area contributed by atoms with E-state index < -0.39 is 24.7 Å². The normalized spacial score (nSPS) is 12.8. The molecule has 0 saturated carbocycles. The van der Waals surface area contributed by atoms with Crippen LogP contribution in [0.15, 0.2) is 12.1 Å². The molecule has 5 heteroatoms. The molecule has 3 nitrogen and oxygen atoms in total. The Morgan fingerprint density at radius 3 is 2.12 bits per heavy atom. The Labute approximate surface area is 97.7 Å². The van der Waals surface area contributed by atoms with Gasteiger partial charge >= 0.3 is 5.97 Å². The summed E-state index contributed by atoms with van der Waals surface area (Å²) in [7, 11) is 0. The zero-order chi connectivity index (χ0) is 13.2. The molecule has 1 atom stereocenters. The van der Waals surface area contributed by atoms with E-state index in [-0.39, 0.29) is 11.3 Å². The van der Waals surface area contributed by atoms with Gasteiger partial charge in [0.25, 0.3) is 0 Å². The van der Waals surface area contributed by atoms with Gasteiger partial charge in [-0.25, -0.2) is 8.78 Å². The lowest BCUT2D eigenvalue weighted by Gasteiger charge is -2.16. The number of carboxylic acid groups (broad SMARTS) is 1. The topological polar surface area (TPSA) is 57.5 Å². The van der Waals surface area contributed by atoms with Crippen molar-refractivity contribution in [2.75, 3.05) is 0 Å². The largest absolute Gasteiger partial charge is 0.507 e. The fourth-order valence-electron chi connectivity index (χ4n) is 1.74. The summed E-state index contributed by atoms with van der Waals surface area (Å²) in [5, 5.41) is 18.1. The predicted molar refractivity (Wildman–Crippen MR) is 58.6 cm³/mol. The van der Waals surface area contributed by atoms with E-state index in [2.05, 4.69) is 0 Å². The van der Waals surface area contributed by atoms with Crippen LogP contribution in [0.5, 0.6) is 5.75 Å². The molecular formula is C12H14F2O3. The second-order valence-corrected chi connectivity index (χ2v) is 4.04. The average Bonchev–Trinajstić information content (AvgIpc) is 2.21. The van der Waals surface area contributed by atoms with Crippen LogP contribution in [0.1, 0.15) is 29.0 Å². The van der Waals surface area contributed by atoms with Crippen LogP contribution in [0, 0.1) is 13.8 Å². The minimum absolute atomic E-state index is 0.0529. The molecule has 1 unspecified atom stereocenters. The van der Waals surface area contributed by atoms with Crippen LogP contribution in [0.25, 0.3) is 0 Å². The van der Waals surface area contributed by atoms with E-state index in [9.17, 15) is 18.7 Å². The first kappa shape index (κ1) is 13.4. The summed E-state index contributed by atoms with van der Waals surface area (Å²) >= 11 is 0. The number of rotatable bonds is 4. The molecule has 0 aliphatic rings. The monoisotopic (exact) mass is 244 g/mol. The number of aliphatic carboxylic acids is 1. The number of carbonyl (C=O) groups is 1. The summed E-state index contributed by atoms with van der Waals surface area (Å²) in [5.74, 6) is -2.55. The van der Waals surface area contributed by atoms with Gasteiger partial charge in [-0.05, 0) is 30.5 Å². The number of phenolic OH excluding ortho intramolecular Hbond substituents is 1. The second kappa shape index (κ2) is 5.12. The molecule has 0 aromatic heterocycles. The summed E-state index contributed by atoms with van der Waals surface area (Å²) in [5.41, 5.74) is 1.18. The summed E-state index contributed by atoms with van der Waals surface area (Å²) < 4.78 is 25.6. The maximum Gasteiger partial charge on any atom is 0.304 e. The summed E-state index contributed by atoms with van der Waals surface area (Å²) in [6.07, 6.45) is -3.36. The smallest absolute Gasteiger partial charge is 0.304 e. The number of halogens is 2. The summed E-state index contributed by atoms with van der Waals surface area (Å²) in [4.78, 5) is 10.5. The van der Waals surface area contributed by atoms with Gasteiger partial charge in [0.05, 0.1) is 12.3 Å². The molecule has 1 rings (SSSR count). The molecule has 0 heterocycles. The standard InChI is InChI=1S/C12H14F2O3/c1-6-3-8(4-7(2)11(6)17)9(12(13)14)5-10(15)16/h3-4,9,12,17H,5H2,1-2H3,(H,15,16). The van der Waals surface area contributed by atoms with Gasteiger partial charge in [-0.15, -0.1) is 0 Å². The average molecular weight is 244 g/mol. The van der Waals surface area contributed by atoms with Crippen LogP contribution >= 0.6 is 0 Å². The molecule has 0 amide bonds. The molecule has 1 aromatic carbocycles. The van der Waals surface area contributed by atoms with Crippen LogP contribution in [-0.2, 0) is 4.79 Å². The molecule has 94 valence electrons. The third kappa shape index (κ3) is 3.15. The van der Waals surface area contributed by atoms with Crippen molar-refractivity contribution >= 4 is 5.97 Å². The zero-order valence-electron chi connectivity index (χ0n) is 9.58. The van der Waals surface area contributed by atoms with Crippen LogP contribution < -0.4 is 0 Å². The first-order valence-corrected chi connectivity index (χ1v) is 5.13. The highest BCUT2D eigenvalue weighted by Crippen LogP contribution is 2.32. The number of carboxylic acids is 1. The van der Waals surface area contributed by atoms with Gasteiger partial charge in [0.15, 0.2) is 0 Å². The number of aromatic hydroxyl groups is 1. The molecule has 0 radical (unpaired) electrons. The molecule has 0 aliphatic carbocycles. The fraction of sp³-hybridized carbons (Fsp3) is 0.417. The van der Waals surface area contributed by atoms with Crippen LogP contribution in [0.4, 0.5) is 8.78 Å². The van der Waals surface area contributed by atoms with Crippen molar-refractivity contribution in [3.05, 3.63) is 28.8 Å². The first-order chi connectivity index (χ1) is 7.82. The maximum absolute atomic E-state index is 12.8. The Morgan fingerprint density at radius 1 is 1.29 bits per heavy atom. The van der Waals surface area contributed by atoms with Gasteiger partial charge < -0.3 is 10.2 Å². The van der Waals surface area contributed by atoms with Crippen LogP contribution in [0.2, 0.25) is 0 Å². The van der Waals surface area contributed by atoms with Gasteiger partial charge in [-0.2, -0.15) is 0 Å². The van der Waals surface area contributed by atoms with Crippen molar-refractivity contribution in [3.63, 3.8) is 0 Å². The van der Waals surface area contributed by atoms with E-state index in [4.69, 9.17) is 5.11 Å². The van der Waals surface area contributed by atoms with E-state index >= 15 is 0 Å². The van der Waals surface area contributed by atoms with Gasteiger partial charge in [0.2, 0.25) is 6.43 Å². The van der Waals surface area contributed by atoms with E-state index in [1.54, 1.807) is 13.8 Å². The number of hydrogen-bond acceptors (Lipinski definition) is 2. The summed E-state index contributed by atoms with van der Waals surface area (Å²) in [6.45, 7) is 3.18. The highest BCUT2D eigenvalue weighted by atomic mass is 19.3. The number of hydrogen-bond donors (Lipinski definition) is 2. The molecule has 1 aromatic rings. The number of aryl methyl sites for hydroxylation is 2. The second-order valence-electron chi connectivity index (χ2n) is 4.04. The number of phenols is 1. The zero-order valence-corrected chi connectivity index (χ0v) is 9.58. The lowest BCUT2D eigenvalue weighted by molar-refractivity contribution is -0.138. The third-order valence-electron chi connectivity index (χ3n) is 2.64. The van der Waals surface area contributed by atoms with Crippen molar-refractivity contribution in [2.45, 2.75) is 32.6 Å². The molecule has 0 aliphatic heterocycles. The molecule has 17 heavy (non-hydrogen) atoms. The van der Waals surface area contributed by atoms with Crippen molar-refractivity contribution in [3.8, 4) is 5.75 Å². The number of benzene rings is 1. The Balaban J connectivity index is 3.15. The molecular weight excluding hydrogens is 230 g/mol. The van der Waals surface area contributed by atoms with Crippen molar-refractivity contribution in [2.24, 2.45) is 0 Å². The van der Waals surface area contributed by atoms with E-state index in [1.807, 2.05) is 0 Å². The van der Waals surface area contributed by atoms with Crippen molar-refractivity contribution in [1.29, 1.82) is 0 Å². The highest BCUT2D eigenvalue weighted by molar-refractivity contribution is 5.68. The van der Waals surface area contributed by atoms with Crippen LogP contribution in [-0.4, -0.2) is 22.6 Å². The van der Waals surface area contributed by atoms with E-state index in [0.29, 0.717) is 11.1 Å². The lowest BCUT2D eigenvalue weighted by Crippen LogP contribution is -2.14. The fourth-order valence-corrected chi connectivity index (χ4v) is 1.74. The number of alkyl halides is 2. The summed E-state index contributed by atoms with van der Waals surface area (Å²) in [6, 6.07) is 2.81. The van der Waals surface area contributed by atoms with Gasteiger partial charge in [0, 0.05) is 0 Å². The van der Waals surface area contributed by atoms with Gasteiger partial charge in [0.1, 0.15) is 5.75 Å². The Hall–Kier alpha value is -1.65. The Bertz CT molecular complexity index is 407. The molecule has 0 spiro atoms. The van der Waals surface area contributed by atoms with Gasteiger partial charge in [-0.1, -0.05) is 12.1 Å². The highest BCUT2D eigenvalue weighted by Gasteiger charge is 2.26. The van der Waals surface area contributed by atoms with Gasteiger partial charge in [-0.3, -0.25) is 4.79 Å². The minimum atomic E-state index is -2.74. The SMILES string of the molecule is Cc1cc(C(CC(=O)O)C(F)F)cc(C)c1O. The molecule has 0 saturated heterocycles. The third-order valence-corrected chi connectivity index (χ3v) is 2.64. The molecule has 0 fully saturated rings. The van der Waals surface area contributed by atoms with E-state index in [1.165, 1.54) is 12.1 Å². The van der Waals surface area contributed by atoms with E-state index in [0.717, 1.165) is 0 Å². The van der Waals surface area contributed by atoms with Crippen LogP contribution in [0.3, 0.4) is 0 Å². The molecule has 2 N–H and O–H groups in total.